The van der Waals surface area contributed by atoms with Gasteiger partial charge in [0, 0.05) is 0 Å². The number of rotatable bonds is 2. The van der Waals surface area contributed by atoms with Crippen LogP contribution in [0.15, 0.2) is 30.6 Å². The van der Waals surface area contributed by atoms with E-state index in [1.807, 2.05) is 0 Å². The van der Waals surface area contributed by atoms with E-state index in [1.165, 1.54) is 11.1 Å². The van der Waals surface area contributed by atoms with E-state index in [0.717, 1.165) is 18.4 Å². The molecule has 2 heterocycles. The second kappa shape index (κ2) is 4.43. The van der Waals surface area contributed by atoms with E-state index in [4.69, 9.17) is 11.6 Å². The van der Waals surface area contributed by atoms with Crippen LogP contribution in [-0.4, -0.2) is 19.9 Å². The van der Waals surface area contributed by atoms with Gasteiger partial charge in [0.1, 0.15) is 5.52 Å². The lowest BCUT2D eigenvalue weighted by atomic mass is 9.94. The van der Waals surface area contributed by atoms with Crippen molar-refractivity contribution in [2.75, 3.05) is 5.32 Å². The molecule has 0 saturated carbocycles. The van der Waals surface area contributed by atoms with Crippen molar-refractivity contribution in [3.05, 3.63) is 47.0 Å². The molecule has 0 radical (unpaired) electrons. The highest BCUT2D eigenvalue weighted by Crippen LogP contribution is 2.39. The zero-order chi connectivity index (χ0) is 14.4. The van der Waals surface area contributed by atoms with E-state index in [9.17, 15) is 0 Å². The fraction of sp³-hybridized carbons (Fsp3) is 0.267. The standard InChI is InChI=1S/C15H14ClN5/c1-15(7-6-9-4-2-3-5-10(9)15)21-13-11-12(18-8-17-11)19-14(16)20-13/h2-5,8H,6-7H2,1H3,(H2,17,18,19,20,21)/t15-/m0/s1. The molecule has 3 aromatic rings. The van der Waals surface area contributed by atoms with Gasteiger partial charge in [-0.2, -0.15) is 9.97 Å². The van der Waals surface area contributed by atoms with E-state index in [2.05, 4.69) is 56.4 Å². The minimum Gasteiger partial charge on any atom is -0.359 e. The van der Waals surface area contributed by atoms with Crippen LogP contribution in [0.1, 0.15) is 24.5 Å². The van der Waals surface area contributed by atoms with Crippen LogP contribution in [0.25, 0.3) is 11.2 Å². The lowest BCUT2D eigenvalue weighted by Gasteiger charge is -2.28. The molecule has 0 amide bonds. The summed E-state index contributed by atoms with van der Waals surface area (Å²) in [5.41, 5.74) is 3.89. The summed E-state index contributed by atoms with van der Waals surface area (Å²) >= 11 is 6.00. The Morgan fingerprint density at radius 3 is 3.05 bits per heavy atom. The third kappa shape index (κ3) is 1.96. The maximum Gasteiger partial charge on any atom is 0.226 e. The molecule has 1 aliphatic carbocycles. The Bertz CT molecular complexity index is 828. The largest absolute Gasteiger partial charge is 0.359 e. The second-order valence-electron chi connectivity index (χ2n) is 5.56. The summed E-state index contributed by atoms with van der Waals surface area (Å²) < 4.78 is 0. The number of hydrogen-bond donors (Lipinski definition) is 2. The number of hydrogen-bond acceptors (Lipinski definition) is 4. The van der Waals surface area contributed by atoms with Crippen LogP contribution >= 0.6 is 11.6 Å². The van der Waals surface area contributed by atoms with Crippen molar-refractivity contribution in [3.8, 4) is 0 Å². The first-order chi connectivity index (χ1) is 10.2. The quantitative estimate of drug-likeness (QED) is 0.713. The maximum absolute atomic E-state index is 6.00. The summed E-state index contributed by atoms with van der Waals surface area (Å²) in [5.74, 6) is 0.696. The predicted molar refractivity (Wildman–Crippen MR) is 82.4 cm³/mol. The minimum absolute atomic E-state index is 0.160. The number of halogens is 1. The highest BCUT2D eigenvalue weighted by atomic mass is 35.5. The highest BCUT2D eigenvalue weighted by Gasteiger charge is 2.34. The molecule has 1 aromatic carbocycles. The summed E-state index contributed by atoms with van der Waals surface area (Å²) in [7, 11) is 0. The van der Waals surface area contributed by atoms with E-state index in [0.29, 0.717) is 11.5 Å². The molecule has 2 aromatic heterocycles. The smallest absolute Gasteiger partial charge is 0.226 e. The summed E-state index contributed by atoms with van der Waals surface area (Å²) in [5, 5.41) is 3.74. The molecule has 2 N–H and O–H groups in total. The van der Waals surface area contributed by atoms with E-state index in [-0.39, 0.29) is 10.8 Å². The molecule has 0 spiro atoms. The Labute approximate surface area is 126 Å². The van der Waals surface area contributed by atoms with Crippen molar-refractivity contribution in [2.24, 2.45) is 0 Å². The monoisotopic (exact) mass is 299 g/mol. The van der Waals surface area contributed by atoms with E-state index >= 15 is 0 Å². The number of anilines is 1. The average molecular weight is 300 g/mol. The predicted octanol–water partition coefficient (Wildman–Crippen LogP) is 3.28. The number of benzene rings is 1. The van der Waals surface area contributed by atoms with Gasteiger partial charge >= 0.3 is 0 Å². The van der Waals surface area contributed by atoms with E-state index < -0.39 is 0 Å². The maximum atomic E-state index is 6.00. The zero-order valence-corrected chi connectivity index (χ0v) is 12.3. The van der Waals surface area contributed by atoms with Crippen LogP contribution in [0.5, 0.6) is 0 Å². The normalized spacial score (nSPS) is 20.7. The summed E-state index contributed by atoms with van der Waals surface area (Å²) in [4.78, 5) is 15.7. The molecule has 4 rings (SSSR count). The van der Waals surface area contributed by atoms with E-state index in [1.54, 1.807) is 6.33 Å². The summed E-state index contributed by atoms with van der Waals surface area (Å²) in [6.07, 6.45) is 3.68. The molecule has 1 atom stereocenters. The van der Waals surface area contributed by atoms with Crippen molar-refractivity contribution in [1.29, 1.82) is 0 Å². The first-order valence-electron chi connectivity index (χ1n) is 6.89. The van der Waals surface area contributed by atoms with Gasteiger partial charge in [0.15, 0.2) is 11.5 Å². The van der Waals surface area contributed by atoms with Crippen LogP contribution < -0.4 is 5.32 Å². The topological polar surface area (TPSA) is 66.5 Å². The zero-order valence-electron chi connectivity index (χ0n) is 11.5. The van der Waals surface area contributed by atoms with Crippen LogP contribution in [0.2, 0.25) is 5.28 Å². The number of nitrogens with one attached hydrogen (secondary N) is 2. The highest BCUT2D eigenvalue weighted by molar-refractivity contribution is 6.28. The number of nitrogens with zero attached hydrogens (tertiary/aromatic N) is 3. The van der Waals surface area contributed by atoms with Gasteiger partial charge in [-0.25, -0.2) is 4.98 Å². The fourth-order valence-electron chi connectivity index (χ4n) is 3.08. The van der Waals surface area contributed by atoms with Gasteiger partial charge in [-0.15, -0.1) is 0 Å². The van der Waals surface area contributed by atoms with Gasteiger partial charge in [-0.1, -0.05) is 24.3 Å². The lowest BCUT2D eigenvalue weighted by molar-refractivity contribution is 0.537. The van der Waals surface area contributed by atoms with Crippen molar-refractivity contribution in [2.45, 2.75) is 25.3 Å². The van der Waals surface area contributed by atoms with Crippen LogP contribution in [-0.2, 0) is 12.0 Å². The number of fused-ring (bicyclic) bond motifs is 2. The SMILES string of the molecule is C[C@]1(Nc2nc(Cl)nc3nc[nH]c23)CCc2ccccc21. The molecule has 106 valence electrons. The van der Waals surface area contributed by atoms with Crippen molar-refractivity contribution in [3.63, 3.8) is 0 Å². The number of imidazole rings is 1. The Kier molecular flexibility index (Phi) is 2.65. The molecule has 0 unspecified atom stereocenters. The van der Waals surface area contributed by atoms with Gasteiger partial charge < -0.3 is 10.3 Å². The Morgan fingerprint density at radius 1 is 1.29 bits per heavy atom. The van der Waals surface area contributed by atoms with Crippen LogP contribution in [0.4, 0.5) is 5.82 Å². The first kappa shape index (κ1) is 12.6. The minimum atomic E-state index is -0.160. The van der Waals surface area contributed by atoms with Gasteiger partial charge in [0.25, 0.3) is 0 Å². The molecule has 0 fully saturated rings. The number of H-pyrrole nitrogens is 1. The Hall–Kier alpha value is -2.14. The first-order valence-corrected chi connectivity index (χ1v) is 7.27. The molecular formula is C15H14ClN5. The molecule has 0 aliphatic heterocycles. The number of aromatic amines is 1. The van der Waals surface area contributed by atoms with Crippen molar-refractivity contribution in [1.82, 2.24) is 19.9 Å². The lowest BCUT2D eigenvalue weighted by Crippen LogP contribution is -2.29. The molecular weight excluding hydrogens is 286 g/mol. The van der Waals surface area contributed by atoms with Gasteiger partial charge in [0.05, 0.1) is 11.9 Å². The van der Waals surface area contributed by atoms with Gasteiger partial charge in [-0.05, 0) is 42.5 Å². The summed E-state index contributed by atoms with van der Waals surface area (Å²) in [6, 6.07) is 8.51. The molecule has 0 bridgehead atoms. The van der Waals surface area contributed by atoms with Gasteiger partial charge in [-0.3, -0.25) is 0 Å². The van der Waals surface area contributed by atoms with Crippen LogP contribution in [0, 0.1) is 0 Å². The number of aromatic nitrogens is 4. The molecule has 21 heavy (non-hydrogen) atoms. The molecule has 6 heteroatoms. The summed E-state index contributed by atoms with van der Waals surface area (Å²) in [6.45, 7) is 2.19. The van der Waals surface area contributed by atoms with Crippen molar-refractivity contribution >= 4 is 28.6 Å². The molecule has 0 saturated heterocycles. The van der Waals surface area contributed by atoms with Gasteiger partial charge in [0.2, 0.25) is 5.28 Å². The Balaban J connectivity index is 1.80. The third-order valence-corrected chi connectivity index (χ3v) is 4.33. The average Bonchev–Trinajstić information content (AvgIpc) is 3.05. The number of aryl methyl sites for hydroxylation is 1. The second-order valence-corrected chi connectivity index (χ2v) is 5.89. The third-order valence-electron chi connectivity index (χ3n) is 4.16. The van der Waals surface area contributed by atoms with Crippen molar-refractivity contribution < 1.29 is 0 Å². The Morgan fingerprint density at radius 2 is 2.14 bits per heavy atom. The van der Waals surface area contributed by atoms with Crippen LogP contribution in [0.3, 0.4) is 0 Å². The molecule has 1 aliphatic rings. The molecule has 5 nitrogen and oxygen atoms in total. The fourth-order valence-corrected chi connectivity index (χ4v) is 3.25.